The van der Waals surface area contributed by atoms with Crippen LogP contribution >= 0.6 is 0 Å². The van der Waals surface area contributed by atoms with Gasteiger partial charge < -0.3 is 18.8 Å². The van der Waals surface area contributed by atoms with E-state index in [1.165, 1.54) is 24.5 Å². The van der Waals surface area contributed by atoms with Crippen LogP contribution in [0.15, 0.2) is 100 Å². The molecule has 0 aliphatic heterocycles. The van der Waals surface area contributed by atoms with Crippen molar-refractivity contribution in [3.8, 4) is 28.6 Å². The topological polar surface area (TPSA) is 75.8 Å². The number of aromatic nitrogens is 2. The van der Waals surface area contributed by atoms with E-state index in [-0.39, 0.29) is 36.8 Å². The molecule has 269 valence electrons. The number of rotatable bonds is 4. The number of benzene rings is 4. The van der Waals surface area contributed by atoms with Gasteiger partial charge in [-0.15, -0.1) is 53.6 Å². The van der Waals surface area contributed by atoms with E-state index < -0.39 is 37.3 Å². The Morgan fingerprint density at radius 2 is 1.47 bits per heavy atom. The van der Waals surface area contributed by atoms with Gasteiger partial charge in [-0.05, 0) is 83.3 Å². The van der Waals surface area contributed by atoms with Crippen LogP contribution in [0.4, 0.5) is 0 Å². The predicted octanol–water partition coefficient (Wildman–Crippen LogP) is 12.6. The van der Waals surface area contributed by atoms with Crippen molar-refractivity contribution in [2.24, 2.45) is 10.8 Å². The number of hydrogen-bond donors (Lipinski definition) is 0. The Morgan fingerprint density at radius 1 is 0.736 bits per heavy atom. The Balaban J connectivity index is 0.000000236. The number of hydrogen-bond acceptors (Lipinski definition) is 5. The molecule has 4 aromatic heterocycles. The van der Waals surface area contributed by atoms with Gasteiger partial charge in [0.1, 0.15) is 16.7 Å². The third kappa shape index (κ3) is 8.28. The number of fused-ring (bicyclic) bond motifs is 6. The zero-order valence-electron chi connectivity index (χ0n) is 40.2. The number of aryl methyl sites for hydroxylation is 2. The maximum Gasteiger partial charge on any atom is 0.136 e. The molecule has 53 heavy (non-hydrogen) atoms. The van der Waals surface area contributed by atoms with E-state index in [0.717, 1.165) is 21.5 Å². The Bertz CT molecular complexity index is 3020. The van der Waals surface area contributed by atoms with E-state index in [0.29, 0.717) is 56.0 Å². The first-order valence-corrected chi connectivity index (χ1v) is 16.9. The molecule has 6 heteroatoms. The summed E-state index contributed by atoms with van der Waals surface area (Å²) in [6, 6.07) is 30.6. The molecule has 0 saturated carbocycles. The summed E-state index contributed by atoms with van der Waals surface area (Å²) in [6.07, 6.45) is -0.669. The molecule has 5 nitrogen and oxygen atoms in total. The summed E-state index contributed by atoms with van der Waals surface area (Å²) in [4.78, 5) is 8.74. The van der Waals surface area contributed by atoms with Crippen LogP contribution in [0.25, 0.3) is 66.4 Å². The fraction of sp³-hybridized carbons (Fsp3) is 0.255. The molecule has 1 radical (unpaired) electrons. The van der Waals surface area contributed by atoms with Crippen molar-refractivity contribution in [2.45, 2.75) is 68.0 Å². The van der Waals surface area contributed by atoms with Crippen molar-refractivity contribution >= 4 is 43.9 Å². The van der Waals surface area contributed by atoms with Crippen molar-refractivity contribution in [3.05, 3.63) is 131 Å². The second-order valence-corrected chi connectivity index (χ2v) is 14.8. The third-order valence-electron chi connectivity index (χ3n) is 8.20. The first-order chi connectivity index (χ1) is 28.7. The van der Waals surface area contributed by atoms with Gasteiger partial charge in [-0.2, -0.15) is 5.26 Å². The molecule has 4 aromatic carbocycles. The molecule has 0 amide bonds. The van der Waals surface area contributed by atoms with E-state index in [9.17, 15) is 5.26 Å². The Hall–Kier alpha value is -5.08. The van der Waals surface area contributed by atoms with Crippen molar-refractivity contribution in [3.63, 3.8) is 0 Å². The van der Waals surface area contributed by atoms with E-state index in [2.05, 4.69) is 28.2 Å². The van der Waals surface area contributed by atoms with Crippen LogP contribution in [0.2, 0.25) is 0 Å². The molecule has 8 rings (SSSR count). The van der Waals surface area contributed by atoms with Crippen LogP contribution in [0, 0.1) is 48.0 Å². The van der Waals surface area contributed by atoms with Crippen LogP contribution in [0.1, 0.15) is 83.1 Å². The first kappa shape index (κ1) is 26.6. The first-order valence-electron chi connectivity index (χ1n) is 21.9. The smallest absolute Gasteiger partial charge is 0.136 e. The van der Waals surface area contributed by atoms with Crippen LogP contribution in [0.5, 0.6) is 0 Å². The molecule has 0 saturated heterocycles. The van der Waals surface area contributed by atoms with Crippen molar-refractivity contribution in [1.29, 1.82) is 5.26 Å². The molecule has 0 aliphatic carbocycles. The number of furan rings is 2. The van der Waals surface area contributed by atoms with Gasteiger partial charge in [0.05, 0.1) is 17.2 Å². The molecule has 4 heterocycles. The van der Waals surface area contributed by atoms with Gasteiger partial charge in [0.2, 0.25) is 0 Å². The average Bonchev–Trinajstić information content (AvgIpc) is 3.75. The van der Waals surface area contributed by atoms with E-state index in [4.69, 9.17) is 22.5 Å². The quantitative estimate of drug-likeness (QED) is 0.165. The average molecular weight is 884 g/mol. The van der Waals surface area contributed by atoms with Crippen LogP contribution in [-0.2, 0) is 32.9 Å². The van der Waals surface area contributed by atoms with Gasteiger partial charge in [-0.25, -0.2) is 0 Å². The molecule has 0 atom stereocenters. The van der Waals surface area contributed by atoms with Gasteiger partial charge in [-0.3, -0.25) is 0 Å². The molecular weight excluding hydrogens is 831 g/mol. The minimum atomic E-state index is -2.53. The normalized spacial score (nSPS) is 15.6. The number of nitriles is 1. The second kappa shape index (κ2) is 14.7. The zero-order chi connectivity index (χ0) is 45.4. The van der Waals surface area contributed by atoms with Crippen LogP contribution in [-0.4, -0.2) is 9.97 Å². The summed E-state index contributed by atoms with van der Waals surface area (Å²) in [6.45, 7) is 6.09. The van der Waals surface area contributed by atoms with Crippen molar-refractivity contribution < 1.29 is 42.6 Å². The van der Waals surface area contributed by atoms with Gasteiger partial charge in [0.25, 0.3) is 0 Å². The van der Waals surface area contributed by atoms with Gasteiger partial charge in [0, 0.05) is 62.4 Å². The van der Waals surface area contributed by atoms with Crippen LogP contribution in [0.3, 0.4) is 0 Å². The number of pyridine rings is 2. The Labute approximate surface area is 339 Å². The SMILES string of the molecule is [2H]C([2H])([2H])c1c[c-]c(-c2ccc(C([2H])([2H])C(C)(C)C)cn2)cc1.[2H]C([2H])([2H])c1cnc(-c2[c-]ccc3c2oc2cc4c(cc23)oc2cc(C#N)ccc24)cc1C([2H])([2H])C(C)(C)C.[Ir]. The maximum absolute atomic E-state index is 9.22. The summed E-state index contributed by atoms with van der Waals surface area (Å²) in [7, 11) is 0. The zero-order valence-corrected chi connectivity index (χ0v) is 32.5. The maximum atomic E-state index is 9.22. The van der Waals surface area contributed by atoms with Gasteiger partial charge in [-0.1, -0.05) is 83.1 Å². The van der Waals surface area contributed by atoms with Gasteiger partial charge in [0.15, 0.2) is 0 Å². The third-order valence-corrected chi connectivity index (χ3v) is 8.20. The summed E-state index contributed by atoms with van der Waals surface area (Å²) >= 11 is 0. The molecule has 0 bridgehead atoms. The Kier molecular flexibility index (Phi) is 7.41. The second-order valence-electron chi connectivity index (χ2n) is 14.8. The molecule has 0 spiro atoms. The molecule has 0 N–H and O–H groups in total. The summed E-state index contributed by atoms with van der Waals surface area (Å²) < 4.78 is 92.6. The van der Waals surface area contributed by atoms with Crippen LogP contribution < -0.4 is 0 Å². The molecule has 0 unspecified atom stereocenters. The minimum absolute atomic E-state index is 0. The monoisotopic (exact) mass is 884 g/mol. The summed E-state index contributed by atoms with van der Waals surface area (Å²) in [5.74, 6) is 0. The molecule has 8 aromatic rings. The number of nitrogens with zero attached hydrogens (tertiary/aromatic N) is 3. The fourth-order valence-electron chi connectivity index (χ4n) is 6.01. The van der Waals surface area contributed by atoms with Crippen molar-refractivity contribution in [1.82, 2.24) is 9.97 Å². The molecule has 0 fully saturated rings. The summed E-state index contributed by atoms with van der Waals surface area (Å²) in [5.41, 5.74) is 4.42. The van der Waals surface area contributed by atoms with E-state index in [1.807, 2.05) is 45.0 Å². The van der Waals surface area contributed by atoms with E-state index in [1.54, 1.807) is 63.2 Å². The van der Waals surface area contributed by atoms with Gasteiger partial charge >= 0.3 is 0 Å². The van der Waals surface area contributed by atoms with Crippen molar-refractivity contribution in [2.75, 3.05) is 0 Å². The Morgan fingerprint density at radius 3 is 2.13 bits per heavy atom. The molecule has 0 aliphatic rings. The van der Waals surface area contributed by atoms with E-state index >= 15 is 0 Å². The predicted molar refractivity (Wildman–Crippen MR) is 212 cm³/mol. The fourth-order valence-corrected chi connectivity index (χ4v) is 6.01. The molecular formula is C47H43IrN3O2-2. The summed E-state index contributed by atoms with van der Waals surface area (Å²) in [5, 5.41) is 12.6. The standard InChI is InChI=1S/C30H23N2O2.C17H20N.Ir/c1-17-16-32-25(11-19(17)14-30(2,3)4)22-7-5-6-21-24-13-27-23(12-28(24)34-29(21)22)20-9-8-18(15-31)10-26(20)33-27;1-13-5-8-15(9-6-13)16-10-7-14(12-18-16)11-17(2,3)4;/h5-6,8-13,16H,14H2,1-4H3;5-8,10,12H,11H2,1-4H3;/q2*-1;/i1D3,14D2;1D3,11D2;. The minimum Gasteiger partial charge on any atom is -0.501 e. The largest absolute Gasteiger partial charge is 0.501 e.